The average molecular weight is 348 g/mol. The number of rotatable bonds is 4. The fraction of sp³-hybridized carbons (Fsp3) is 0.143. The van der Waals surface area contributed by atoms with E-state index in [0.29, 0.717) is 5.56 Å². The summed E-state index contributed by atoms with van der Waals surface area (Å²) in [6.07, 6.45) is 0. The molecule has 0 aromatic heterocycles. The molecule has 3 nitrogen and oxygen atoms in total. The summed E-state index contributed by atoms with van der Waals surface area (Å²) in [5.41, 5.74) is -4.56. The van der Waals surface area contributed by atoms with Gasteiger partial charge >= 0.3 is 15.6 Å². The lowest BCUT2D eigenvalue weighted by Crippen LogP contribution is -2.28. The monoisotopic (exact) mass is 348 g/mol. The van der Waals surface area contributed by atoms with Crippen LogP contribution in [-0.4, -0.2) is 13.9 Å². The van der Waals surface area contributed by atoms with Crippen molar-refractivity contribution in [2.24, 2.45) is 0 Å². The molecule has 0 saturated heterocycles. The molecule has 0 fully saturated rings. The van der Waals surface area contributed by atoms with Crippen molar-refractivity contribution >= 4 is 22.7 Å². The molecule has 22 heavy (non-hydrogen) atoms. The Morgan fingerprint density at radius 1 is 0.955 bits per heavy atom. The van der Waals surface area contributed by atoms with Crippen molar-refractivity contribution < 1.29 is 25.8 Å². The molecule has 1 atom stereocenters. The fourth-order valence-corrected chi connectivity index (χ4v) is 2.63. The van der Waals surface area contributed by atoms with Crippen molar-refractivity contribution in [3.63, 3.8) is 0 Å². The SMILES string of the molecule is O=S(=O)(Oc1ccccc1C(S)c1ccccc1)C(F)(F)F. The molecule has 0 heterocycles. The van der Waals surface area contributed by atoms with Crippen LogP contribution in [0.15, 0.2) is 54.6 Å². The van der Waals surface area contributed by atoms with Crippen LogP contribution in [0.3, 0.4) is 0 Å². The van der Waals surface area contributed by atoms with Crippen LogP contribution in [0.5, 0.6) is 5.75 Å². The van der Waals surface area contributed by atoms with E-state index in [1.54, 1.807) is 36.4 Å². The van der Waals surface area contributed by atoms with Crippen LogP contribution in [0.1, 0.15) is 16.4 Å². The molecule has 0 radical (unpaired) electrons. The van der Waals surface area contributed by atoms with Gasteiger partial charge in [-0.15, -0.1) is 0 Å². The van der Waals surface area contributed by atoms with Gasteiger partial charge in [0.25, 0.3) is 0 Å². The average Bonchev–Trinajstić information content (AvgIpc) is 2.46. The second kappa shape index (κ2) is 6.21. The molecule has 0 amide bonds. The molecule has 0 spiro atoms. The van der Waals surface area contributed by atoms with Crippen molar-refractivity contribution in [3.05, 3.63) is 65.7 Å². The van der Waals surface area contributed by atoms with Gasteiger partial charge < -0.3 is 4.18 Å². The zero-order valence-corrected chi connectivity index (χ0v) is 12.7. The molecule has 2 aromatic rings. The highest BCUT2D eigenvalue weighted by molar-refractivity contribution is 7.88. The Labute approximate surface area is 131 Å². The van der Waals surface area contributed by atoms with E-state index >= 15 is 0 Å². The first-order chi connectivity index (χ1) is 10.2. The number of benzene rings is 2. The molecular formula is C14H11F3O3S2. The molecule has 0 saturated carbocycles. The molecular weight excluding hydrogens is 337 g/mol. The minimum absolute atomic E-state index is 0.227. The first kappa shape index (κ1) is 16.7. The van der Waals surface area contributed by atoms with E-state index in [4.69, 9.17) is 0 Å². The van der Waals surface area contributed by atoms with Crippen LogP contribution < -0.4 is 4.18 Å². The zero-order chi connectivity index (χ0) is 16.4. The molecule has 2 rings (SSSR count). The number of thiol groups is 1. The number of para-hydroxylation sites is 1. The molecule has 0 aliphatic heterocycles. The zero-order valence-electron chi connectivity index (χ0n) is 11.0. The normalized spacial score (nSPS) is 13.6. The highest BCUT2D eigenvalue weighted by Crippen LogP contribution is 2.36. The summed E-state index contributed by atoms with van der Waals surface area (Å²) < 4.78 is 63.9. The standard InChI is InChI=1S/C14H11F3O3S2/c15-14(16,17)22(18,19)20-12-9-5-4-8-11(12)13(21)10-6-2-1-3-7-10/h1-9,13,21H. The van der Waals surface area contributed by atoms with Gasteiger partial charge in [0, 0.05) is 5.56 Å². The van der Waals surface area contributed by atoms with Crippen molar-refractivity contribution in [2.75, 3.05) is 0 Å². The van der Waals surface area contributed by atoms with Gasteiger partial charge in [0.1, 0.15) is 5.75 Å². The summed E-state index contributed by atoms with van der Waals surface area (Å²) in [6, 6.07) is 14.3. The second-order valence-corrected chi connectivity index (χ2v) is 6.39. The van der Waals surface area contributed by atoms with Gasteiger partial charge in [0.2, 0.25) is 0 Å². The van der Waals surface area contributed by atoms with Gasteiger partial charge in [-0.1, -0.05) is 48.5 Å². The number of hydrogen-bond donors (Lipinski definition) is 1. The van der Waals surface area contributed by atoms with E-state index in [1.807, 2.05) is 0 Å². The minimum Gasteiger partial charge on any atom is -0.376 e. The Morgan fingerprint density at radius 3 is 2.09 bits per heavy atom. The topological polar surface area (TPSA) is 43.4 Å². The number of hydrogen-bond acceptors (Lipinski definition) is 4. The maximum atomic E-state index is 12.4. The first-order valence-corrected chi connectivity index (χ1v) is 7.97. The van der Waals surface area contributed by atoms with E-state index in [1.165, 1.54) is 12.1 Å². The maximum absolute atomic E-state index is 12.4. The van der Waals surface area contributed by atoms with Gasteiger partial charge in [0.15, 0.2) is 0 Å². The van der Waals surface area contributed by atoms with E-state index in [0.717, 1.165) is 6.07 Å². The van der Waals surface area contributed by atoms with Gasteiger partial charge in [-0.2, -0.15) is 34.2 Å². The molecule has 1 unspecified atom stereocenters. The van der Waals surface area contributed by atoms with Crippen LogP contribution >= 0.6 is 12.6 Å². The minimum atomic E-state index is -5.72. The Kier molecular flexibility index (Phi) is 4.72. The van der Waals surface area contributed by atoms with Crippen LogP contribution in [0, 0.1) is 0 Å². The van der Waals surface area contributed by atoms with E-state index < -0.39 is 26.6 Å². The Bertz CT molecular complexity index is 743. The van der Waals surface area contributed by atoms with E-state index in [9.17, 15) is 21.6 Å². The Balaban J connectivity index is 2.40. The summed E-state index contributed by atoms with van der Waals surface area (Å²) in [5.74, 6) is -0.399. The van der Waals surface area contributed by atoms with Crippen LogP contribution in [-0.2, 0) is 10.1 Å². The summed E-state index contributed by atoms with van der Waals surface area (Å²) >= 11 is 4.34. The Hall–Kier alpha value is -1.67. The van der Waals surface area contributed by atoms with Crippen molar-refractivity contribution in [1.82, 2.24) is 0 Å². The summed E-state index contributed by atoms with van der Waals surface area (Å²) in [7, 11) is -5.72. The number of halogens is 3. The van der Waals surface area contributed by atoms with Crippen molar-refractivity contribution in [1.29, 1.82) is 0 Å². The molecule has 0 aliphatic rings. The predicted molar refractivity (Wildman–Crippen MR) is 79.3 cm³/mol. The molecule has 2 aromatic carbocycles. The number of alkyl halides is 3. The van der Waals surface area contributed by atoms with E-state index in [-0.39, 0.29) is 5.56 Å². The van der Waals surface area contributed by atoms with Gasteiger partial charge in [-0.05, 0) is 11.6 Å². The lowest BCUT2D eigenvalue weighted by Gasteiger charge is -2.17. The first-order valence-electron chi connectivity index (χ1n) is 6.05. The van der Waals surface area contributed by atoms with Crippen molar-refractivity contribution in [3.8, 4) is 5.75 Å². The van der Waals surface area contributed by atoms with Crippen LogP contribution in [0.2, 0.25) is 0 Å². The molecule has 0 aliphatic carbocycles. The third kappa shape index (κ3) is 3.56. The molecule has 118 valence electrons. The third-order valence-corrected chi connectivity index (χ3v) is 4.35. The largest absolute Gasteiger partial charge is 0.534 e. The fourth-order valence-electron chi connectivity index (χ4n) is 1.76. The molecule has 8 heteroatoms. The predicted octanol–water partition coefficient (Wildman–Crippen LogP) is 3.93. The summed E-state index contributed by atoms with van der Waals surface area (Å²) in [6.45, 7) is 0. The lowest BCUT2D eigenvalue weighted by atomic mass is 10.0. The molecule has 0 bridgehead atoms. The quantitative estimate of drug-likeness (QED) is 0.517. The van der Waals surface area contributed by atoms with Crippen molar-refractivity contribution in [2.45, 2.75) is 10.8 Å². The lowest BCUT2D eigenvalue weighted by molar-refractivity contribution is -0.0500. The van der Waals surface area contributed by atoms with Gasteiger partial charge in [-0.3, -0.25) is 0 Å². The second-order valence-electron chi connectivity index (χ2n) is 4.33. The highest BCUT2D eigenvalue weighted by Gasteiger charge is 2.48. The summed E-state index contributed by atoms with van der Waals surface area (Å²) in [5, 5.41) is -0.624. The Morgan fingerprint density at radius 2 is 1.50 bits per heavy atom. The van der Waals surface area contributed by atoms with E-state index in [2.05, 4.69) is 16.8 Å². The third-order valence-electron chi connectivity index (χ3n) is 2.81. The molecule has 0 N–H and O–H groups in total. The van der Waals surface area contributed by atoms with Crippen LogP contribution in [0.25, 0.3) is 0 Å². The smallest absolute Gasteiger partial charge is 0.376 e. The van der Waals surface area contributed by atoms with Crippen LogP contribution in [0.4, 0.5) is 13.2 Å². The highest BCUT2D eigenvalue weighted by atomic mass is 32.2. The van der Waals surface area contributed by atoms with Gasteiger partial charge in [0.05, 0.1) is 5.25 Å². The summed E-state index contributed by atoms with van der Waals surface area (Å²) in [4.78, 5) is 0. The van der Waals surface area contributed by atoms with Gasteiger partial charge in [-0.25, -0.2) is 0 Å². The maximum Gasteiger partial charge on any atom is 0.534 e.